The average Bonchev–Trinajstić information content (AvgIpc) is 2.37. The van der Waals surface area contributed by atoms with Crippen molar-refractivity contribution in [3.8, 4) is 6.07 Å². The van der Waals surface area contributed by atoms with Gasteiger partial charge in [0.05, 0.1) is 26.8 Å². The lowest BCUT2D eigenvalue weighted by Crippen LogP contribution is -2.24. The third-order valence-corrected chi connectivity index (χ3v) is 4.96. The molecule has 0 heterocycles. The van der Waals surface area contributed by atoms with Crippen molar-refractivity contribution in [1.29, 1.82) is 5.26 Å². The smallest absolute Gasteiger partial charge is 0.337 e. The number of rotatable bonds is 3. The second-order valence-corrected chi connectivity index (χ2v) is 10.4. The van der Waals surface area contributed by atoms with Gasteiger partial charge in [0.25, 0.3) is 0 Å². The molecule has 0 atom stereocenters. The van der Waals surface area contributed by atoms with Crippen LogP contribution in [-0.2, 0) is 4.74 Å². The van der Waals surface area contributed by atoms with Crippen LogP contribution in [0.2, 0.25) is 19.6 Å². The van der Waals surface area contributed by atoms with E-state index in [1.807, 2.05) is 19.1 Å². The van der Waals surface area contributed by atoms with Crippen molar-refractivity contribution in [1.82, 2.24) is 0 Å². The monoisotopic (exact) mass is 273 g/mol. The summed E-state index contributed by atoms with van der Waals surface area (Å²) in [5, 5.41) is 10.2. The van der Waals surface area contributed by atoms with E-state index >= 15 is 0 Å². The normalized spacial score (nSPS) is 12.4. The summed E-state index contributed by atoms with van der Waals surface area (Å²) in [5.41, 5.74) is 2.50. The molecule has 3 nitrogen and oxygen atoms in total. The van der Waals surface area contributed by atoms with Gasteiger partial charge in [-0.1, -0.05) is 31.8 Å². The zero-order valence-electron chi connectivity index (χ0n) is 12.1. The molecule has 4 heteroatoms. The van der Waals surface area contributed by atoms with E-state index in [2.05, 4.69) is 30.4 Å². The average molecular weight is 273 g/mol. The highest BCUT2D eigenvalue weighted by atomic mass is 28.3. The van der Waals surface area contributed by atoms with E-state index in [1.165, 1.54) is 7.11 Å². The number of nitrogens with zero attached hydrogens (tertiary/aromatic N) is 1. The Morgan fingerprint density at radius 3 is 2.00 bits per heavy atom. The fourth-order valence-corrected chi connectivity index (χ4v) is 3.54. The van der Waals surface area contributed by atoms with Gasteiger partial charge in [-0.3, -0.25) is 0 Å². The van der Waals surface area contributed by atoms with E-state index in [9.17, 15) is 10.1 Å². The second kappa shape index (κ2) is 5.85. The first-order valence-electron chi connectivity index (χ1n) is 6.11. The Labute approximate surface area is 115 Å². The molecule has 1 aromatic rings. The molecule has 1 aromatic carbocycles. The molecular formula is C15H19NO2Si. The largest absolute Gasteiger partial charge is 0.465 e. The van der Waals surface area contributed by atoms with Crippen LogP contribution in [0.15, 0.2) is 29.5 Å². The molecule has 0 unspecified atom stereocenters. The van der Waals surface area contributed by atoms with Gasteiger partial charge < -0.3 is 4.74 Å². The third kappa shape index (κ3) is 3.55. The number of esters is 1. The minimum atomic E-state index is -1.65. The van der Waals surface area contributed by atoms with Gasteiger partial charge in [0, 0.05) is 5.20 Å². The van der Waals surface area contributed by atoms with Crippen molar-refractivity contribution in [2.24, 2.45) is 0 Å². The van der Waals surface area contributed by atoms with Crippen LogP contribution in [-0.4, -0.2) is 21.2 Å². The van der Waals surface area contributed by atoms with Crippen LogP contribution >= 0.6 is 0 Å². The zero-order chi connectivity index (χ0) is 14.6. The number of nitriles is 1. The molecule has 0 aliphatic heterocycles. The van der Waals surface area contributed by atoms with Gasteiger partial charge in [0.2, 0.25) is 0 Å². The first-order valence-corrected chi connectivity index (χ1v) is 9.61. The highest BCUT2D eigenvalue weighted by molar-refractivity contribution is 6.84. The van der Waals surface area contributed by atoms with Crippen LogP contribution in [0.4, 0.5) is 0 Å². The molecule has 19 heavy (non-hydrogen) atoms. The van der Waals surface area contributed by atoms with E-state index in [4.69, 9.17) is 0 Å². The van der Waals surface area contributed by atoms with Gasteiger partial charge in [0.1, 0.15) is 0 Å². The van der Waals surface area contributed by atoms with Crippen molar-refractivity contribution in [2.45, 2.75) is 26.6 Å². The van der Waals surface area contributed by atoms with Gasteiger partial charge in [-0.2, -0.15) is 5.26 Å². The maximum atomic E-state index is 11.4. The lowest BCUT2D eigenvalue weighted by atomic mass is 10.1. The highest BCUT2D eigenvalue weighted by Crippen LogP contribution is 2.25. The van der Waals surface area contributed by atoms with E-state index in [0.717, 1.165) is 16.3 Å². The molecular weight excluding hydrogens is 254 g/mol. The minimum absolute atomic E-state index is 0.348. The standard InChI is InChI=1S/C15H19NO2Si/c1-11(14(10-16)19(3,4)5)12-6-8-13(9-7-12)15(17)18-2/h6-9H,1-5H3/b14-11+. The summed E-state index contributed by atoms with van der Waals surface area (Å²) in [4.78, 5) is 11.4. The summed E-state index contributed by atoms with van der Waals surface area (Å²) in [7, 11) is -0.286. The van der Waals surface area contributed by atoms with Crippen LogP contribution < -0.4 is 0 Å². The lowest BCUT2D eigenvalue weighted by molar-refractivity contribution is 0.0600. The number of allylic oxidation sites excluding steroid dienone is 2. The number of carbonyl (C=O) groups is 1. The van der Waals surface area contributed by atoms with Crippen LogP contribution in [0.5, 0.6) is 0 Å². The highest BCUT2D eigenvalue weighted by Gasteiger charge is 2.22. The summed E-state index contributed by atoms with van der Waals surface area (Å²) in [6, 6.07) is 9.51. The molecule has 0 spiro atoms. The van der Waals surface area contributed by atoms with Crippen LogP contribution in [0.1, 0.15) is 22.8 Å². The maximum Gasteiger partial charge on any atom is 0.337 e. The molecule has 0 aromatic heterocycles. The van der Waals surface area contributed by atoms with Crippen molar-refractivity contribution >= 4 is 19.6 Å². The number of carbonyl (C=O) groups excluding carboxylic acids is 1. The SMILES string of the molecule is COC(=O)c1ccc(/C(C)=C(\C#N)[Si](C)(C)C)cc1. The number of hydrogen-bond donors (Lipinski definition) is 0. The number of benzene rings is 1. The van der Waals surface area contributed by atoms with Gasteiger partial charge in [-0.25, -0.2) is 4.79 Å². The van der Waals surface area contributed by atoms with E-state index in [-0.39, 0.29) is 5.97 Å². The quantitative estimate of drug-likeness (QED) is 0.480. The Kier molecular flexibility index (Phi) is 4.68. The molecule has 0 fully saturated rings. The van der Waals surface area contributed by atoms with Gasteiger partial charge in [0.15, 0.2) is 0 Å². The summed E-state index contributed by atoms with van der Waals surface area (Å²) in [5.74, 6) is -0.348. The number of hydrogen-bond acceptors (Lipinski definition) is 3. The fourth-order valence-electron chi connectivity index (χ4n) is 1.93. The van der Waals surface area contributed by atoms with Gasteiger partial charge in [-0.15, -0.1) is 0 Å². The Balaban J connectivity index is 3.21. The summed E-state index contributed by atoms with van der Waals surface area (Å²) >= 11 is 0. The Bertz CT molecular complexity index is 545. The fraction of sp³-hybridized carbons (Fsp3) is 0.333. The Morgan fingerprint density at radius 2 is 1.63 bits per heavy atom. The molecule has 0 aliphatic carbocycles. The lowest BCUT2D eigenvalue weighted by Gasteiger charge is -2.18. The molecule has 0 N–H and O–H groups in total. The maximum absolute atomic E-state index is 11.4. The molecule has 0 bridgehead atoms. The van der Waals surface area contributed by atoms with Crippen molar-refractivity contribution in [3.05, 3.63) is 40.6 Å². The van der Waals surface area contributed by atoms with E-state index < -0.39 is 8.07 Å². The number of methoxy groups -OCH3 is 1. The Morgan fingerprint density at radius 1 is 1.16 bits per heavy atom. The molecule has 100 valence electrons. The topological polar surface area (TPSA) is 50.1 Å². The predicted octanol–water partition coefficient (Wildman–Crippen LogP) is 3.65. The predicted molar refractivity (Wildman–Crippen MR) is 79.3 cm³/mol. The molecule has 0 saturated heterocycles. The van der Waals surface area contributed by atoms with E-state index in [1.54, 1.807) is 12.1 Å². The molecule has 0 aliphatic rings. The zero-order valence-corrected chi connectivity index (χ0v) is 13.1. The van der Waals surface area contributed by atoms with Crippen molar-refractivity contribution in [2.75, 3.05) is 7.11 Å². The van der Waals surface area contributed by atoms with Gasteiger partial charge >= 0.3 is 5.97 Å². The van der Waals surface area contributed by atoms with E-state index in [0.29, 0.717) is 5.56 Å². The molecule has 0 saturated carbocycles. The van der Waals surface area contributed by atoms with Gasteiger partial charge in [-0.05, 0) is 30.2 Å². The number of ether oxygens (including phenoxy) is 1. The third-order valence-electron chi connectivity index (χ3n) is 2.98. The minimum Gasteiger partial charge on any atom is -0.465 e. The summed E-state index contributed by atoms with van der Waals surface area (Å²) < 4.78 is 4.66. The molecule has 0 amide bonds. The molecule has 1 rings (SSSR count). The first-order chi connectivity index (χ1) is 8.81. The first kappa shape index (κ1) is 15.2. The van der Waals surface area contributed by atoms with Crippen LogP contribution in [0, 0.1) is 11.3 Å². The van der Waals surface area contributed by atoms with Crippen molar-refractivity contribution in [3.63, 3.8) is 0 Å². The second-order valence-electron chi connectivity index (χ2n) is 5.43. The van der Waals surface area contributed by atoms with Crippen molar-refractivity contribution < 1.29 is 9.53 Å². The van der Waals surface area contributed by atoms with Crippen LogP contribution in [0.25, 0.3) is 5.57 Å². The van der Waals surface area contributed by atoms with Crippen LogP contribution in [0.3, 0.4) is 0 Å². The summed E-state index contributed by atoms with van der Waals surface area (Å²) in [6.07, 6.45) is 0. The molecule has 0 radical (unpaired) electrons. The summed E-state index contributed by atoms with van der Waals surface area (Å²) in [6.45, 7) is 8.41. The Hall–Kier alpha value is -1.86.